The van der Waals surface area contributed by atoms with Crippen LogP contribution in [-0.2, 0) is 0 Å². The third-order valence-electron chi connectivity index (χ3n) is 4.40. The predicted molar refractivity (Wildman–Crippen MR) is 82.4 cm³/mol. The molecule has 0 amide bonds. The molecule has 1 N–H and O–H groups in total. The molecule has 1 aromatic rings. The zero-order valence-corrected chi connectivity index (χ0v) is 12.8. The van der Waals surface area contributed by atoms with Gasteiger partial charge in [0.05, 0.1) is 0 Å². The highest BCUT2D eigenvalue weighted by Crippen LogP contribution is 2.35. The molecule has 0 radical (unpaired) electrons. The Bertz CT molecular complexity index is 381. The SMILES string of the molecule is CCNC(CN(C)C(C)C1CC1)c1ccc(C)cc1. The monoisotopic (exact) mass is 260 g/mol. The van der Waals surface area contributed by atoms with Gasteiger partial charge in [0.15, 0.2) is 0 Å². The van der Waals surface area contributed by atoms with E-state index in [-0.39, 0.29) is 0 Å². The van der Waals surface area contributed by atoms with Crippen LogP contribution in [0.2, 0.25) is 0 Å². The normalized spacial score (nSPS) is 18.6. The van der Waals surface area contributed by atoms with Crippen LogP contribution in [0.1, 0.15) is 43.9 Å². The smallest absolute Gasteiger partial charge is 0.0449 e. The molecule has 2 unspecified atom stereocenters. The third-order valence-corrected chi connectivity index (χ3v) is 4.40. The lowest BCUT2D eigenvalue weighted by Crippen LogP contribution is -2.38. The summed E-state index contributed by atoms with van der Waals surface area (Å²) in [4.78, 5) is 2.52. The number of benzene rings is 1. The molecule has 2 atom stereocenters. The van der Waals surface area contributed by atoms with E-state index in [1.165, 1.54) is 24.0 Å². The first-order chi connectivity index (χ1) is 9.11. The Kier molecular flexibility index (Phi) is 5.00. The maximum absolute atomic E-state index is 3.62. The van der Waals surface area contributed by atoms with Crippen molar-refractivity contribution in [2.24, 2.45) is 5.92 Å². The van der Waals surface area contributed by atoms with Crippen molar-refractivity contribution in [3.05, 3.63) is 35.4 Å². The van der Waals surface area contributed by atoms with Gasteiger partial charge in [-0.2, -0.15) is 0 Å². The number of nitrogens with one attached hydrogen (secondary N) is 1. The van der Waals surface area contributed by atoms with E-state index in [0.717, 1.165) is 19.0 Å². The molecule has 1 aromatic carbocycles. The van der Waals surface area contributed by atoms with Gasteiger partial charge in [-0.1, -0.05) is 36.8 Å². The fraction of sp³-hybridized carbons (Fsp3) is 0.647. The van der Waals surface area contributed by atoms with Crippen LogP contribution < -0.4 is 5.32 Å². The van der Waals surface area contributed by atoms with Gasteiger partial charge in [-0.05, 0) is 51.8 Å². The second-order valence-corrected chi connectivity index (χ2v) is 6.04. The molecule has 1 fully saturated rings. The van der Waals surface area contributed by atoms with Crippen LogP contribution in [0.25, 0.3) is 0 Å². The number of rotatable bonds is 7. The van der Waals surface area contributed by atoms with Gasteiger partial charge in [-0.25, -0.2) is 0 Å². The summed E-state index contributed by atoms with van der Waals surface area (Å²) in [6.45, 7) is 8.81. The summed E-state index contributed by atoms with van der Waals surface area (Å²) in [5.74, 6) is 0.935. The largest absolute Gasteiger partial charge is 0.309 e. The van der Waals surface area contributed by atoms with Crippen molar-refractivity contribution in [1.29, 1.82) is 0 Å². The molecule has 1 aliphatic rings. The fourth-order valence-corrected chi connectivity index (χ4v) is 2.73. The molecule has 1 aliphatic carbocycles. The van der Waals surface area contributed by atoms with Gasteiger partial charge in [0.25, 0.3) is 0 Å². The summed E-state index contributed by atoms with van der Waals surface area (Å²) < 4.78 is 0. The second-order valence-electron chi connectivity index (χ2n) is 6.04. The van der Waals surface area contributed by atoms with Gasteiger partial charge in [-0.15, -0.1) is 0 Å². The minimum absolute atomic E-state index is 0.441. The van der Waals surface area contributed by atoms with E-state index in [1.807, 2.05) is 0 Å². The number of hydrogen-bond acceptors (Lipinski definition) is 2. The fourth-order valence-electron chi connectivity index (χ4n) is 2.73. The van der Waals surface area contributed by atoms with Gasteiger partial charge in [0.1, 0.15) is 0 Å². The Hall–Kier alpha value is -0.860. The highest BCUT2D eigenvalue weighted by atomic mass is 15.2. The van der Waals surface area contributed by atoms with E-state index in [1.54, 1.807) is 0 Å². The minimum atomic E-state index is 0.441. The van der Waals surface area contributed by atoms with Crippen molar-refractivity contribution >= 4 is 0 Å². The standard InChI is InChI=1S/C17H28N2/c1-5-18-17(16-8-6-13(2)7-9-16)12-19(4)14(3)15-10-11-15/h6-9,14-15,17-18H,5,10-12H2,1-4H3. The van der Waals surface area contributed by atoms with Gasteiger partial charge in [0, 0.05) is 18.6 Å². The molecule has 0 aromatic heterocycles. The van der Waals surface area contributed by atoms with E-state index in [9.17, 15) is 0 Å². The van der Waals surface area contributed by atoms with Crippen molar-refractivity contribution < 1.29 is 0 Å². The summed E-state index contributed by atoms with van der Waals surface area (Å²) in [7, 11) is 2.27. The number of likely N-dealkylation sites (N-methyl/N-ethyl adjacent to an activating group) is 2. The number of nitrogens with zero attached hydrogens (tertiary/aromatic N) is 1. The van der Waals surface area contributed by atoms with Crippen molar-refractivity contribution in [3.8, 4) is 0 Å². The summed E-state index contributed by atoms with van der Waals surface area (Å²) in [5, 5.41) is 3.62. The molecule has 0 aliphatic heterocycles. The van der Waals surface area contributed by atoms with E-state index in [4.69, 9.17) is 0 Å². The van der Waals surface area contributed by atoms with Crippen LogP contribution >= 0.6 is 0 Å². The van der Waals surface area contributed by atoms with E-state index < -0.39 is 0 Å². The Morgan fingerprint density at radius 1 is 1.26 bits per heavy atom. The highest BCUT2D eigenvalue weighted by molar-refractivity contribution is 5.24. The van der Waals surface area contributed by atoms with Crippen molar-refractivity contribution in [1.82, 2.24) is 10.2 Å². The van der Waals surface area contributed by atoms with Gasteiger partial charge in [-0.3, -0.25) is 0 Å². The quantitative estimate of drug-likeness (QED) is 0.808. The van der Waals surface area contributed by atoms with E-state index in [0.29, 0.717) is 12.1 Å². The topological polar surface area (TPSA) is 15.3 Å². The average molecular weight is 260 g/mol. The lowest BCUT2D eigenvalue weighted by Gasteiger charge is -2.30. The maximum atomic E-state index is 3.62. The molecule has 2 rings (SSSR count). The first-order valence-electron chi connectivity index (χ1n) is 7.62. The summed E-state index contributed by atoms with van der Waals surface area (Å²) in [6.07, 6.45) is 2.84. The Morgan fingerprint density at radius 2 is 1.89 bits per heavy atom. The summed E-state index contributed by atoms with van der Waals surface area (Å²) >= 11 is 0. The molecular formula is C17H28N2. The summed E-state index contributed by atoms with van der Waals surface area (Å²) in [6, 6.07) is 10.1. The Labute approximate surface area is 118 Å². The zero-order valence-electron chi connectivity index (χ0n) is 12.8. The summed E-state index contributed by atoms with van der Waals surface area (Å²) in [5.41, 5.74) is 2.74. The van der Waals surface area contributed by atoms with E-state index in [2.05, 4.69) is 62.3 Å². The zero-order chi connectivity index (χ0) is 13.8. The van der Waals surface area contributed by atoms with Gasteiger partial charge >= 0.3 is 0 Å². The molecular weight excluding hydrogens is 232 g/mol. The molecule has 0 bridgehead atoms. The first-order valence-corrected chi connectivity index (χ1v) is 7.62. The molecule has 19 heavy (non-hydrogen) atoms. The third kappa shape index (κ3) is 4.05. The van der Waals surface area contributed by atoms with Crippen LogP contribution in [0, 0.1) is 12.8 Å². The lowest BCUT2D eigenvalue weighted by molar-refractivity contribution is 0.210. The Balaban J connectivity index is 2.00. The highest BCUT2D eigenvalue weighted by Gasteiger charge is 2.31. The van der Waals surface area contributed by atoms with Gasteiger partial charge < -0.3 is 10.2 Å². The molecule has 1 saturated carbocycles. The molecule has 2 nitrogen and oxygen atoms in total. The molecule has 0 spiro atoms. The van der Waals surface area contributed by atoms with Crippen molar-refractivity contribution in [2.75, 3.05) is 20.1 Å². The number of hydrogen-bond donors (Lipinski definition) is 1. The predicted octanol–water partition coefficient (Wildman–Crippen LogP) is 3.38. The van der Waals surface area contributed by atoms with Crippen LogP contribution in [0.4, 0.5) is 0 Å². The number of aryl methyl sites for hydroxylation is 1. The van der Waals surface area contributed by atoms with Crippen LogP contribution in [-0.4, -0.2) is 31.1 Å². The minimum Gasteiger partial charge on any atom is -0.309 e. The van der Waals surface area contributed by atoms with Crippen molar-refractivity contribution in [3.63, 3.8) is 0 Å². The molecule has 2 heteroatoms. The second kappa shape index (κ2) is 6.53. The maximum Gasteiger partial charge on any atom is 0.0449 e. The van der Waals surface area contributed by atoms with Crippen LogP contribution in [0.15, 0.2) is 24.3 Å². The van der Waals surface area contributed by atoms with E-state index >= 15 is 0 Å². The molecule has 0 saturated heterocycles. The van der Waals surface area contributed by atoms with Crippen molar-refractivity contribution in [2.45, 2.75) is 45.7 Å². The molecule has 106 valence electrons. The van der Waals surface area contributed by atoms with Crippen LogP contribution in [0.3, 0.4) is 0 Å². The lowest BCUT2D eigenvalue weighted by atomic mass is 10.0. The van der Waals surface area contributed by atoms with Crippen LogP contribution in [0.5, 0.6) is 0 Å². The van der Waals surface area contributed by atoms with Gasteiger partial charge in [0.2, 0.25) is 0 Å². The molecule has 0 heterocycles. The first kappa shape index (κ1) is 14.5. The Morgan fingerprint density at radius 3 is 2.42 bits per heavy atom. The average Bonchev–Trinajstić information content (AvgIpc) is 3.22.